The molecule has 10 heteroatoms. The average molecular weight is 413 g/mol. The van der Waals surface area contributed by atoms with Crippen LogP contribution in [0.5, 0.6) is 0 Å². The summed E-state index contributed by atoms with van der Waals surface area (Å²) in [5.41, 5.74) is 1.40. The van der Waals surface area contributed by atoms with Crippen LogP contribution in [0, 0.1) is 0 Å². The Hall–Kier alpha value is -3.11. The van der Waals surface area contributed by atoms with Crippen molar-refractivity contribution in [2.75, 3.05) is 18.9 Å². The van der Waals surface area contributed by atoms with Crippen LogP contribution in [0.15, 0.2) is 63.9 Å². The molecule has 0 bridgehead atoms. The highest BCUT2D eigenvalue weighted by Crippen LogP contribution is 2.28. The highest BCUT2D eigenvalue weighted by Gasteiger charge is 2.31. The first-order valence-corrected chi connectivity index (χ1v) is 10.5. The third-order valence-corrected chi connectivity index (χ3v) is 6.26. The number of sulfonamides is 1. The molecule has 2 heterocycles. The van der Waals surface area contributed by atoms with Gasteiger partial charge in [0.05, 0.1) is 6.54 Å². The Morgan fingerprint density at radius 2 is 1.79 bits per heavy atom. The fourth-order valence-electron chi connectivity index (χ4n) is 2.78. The van der Waals surface area contributed by atoms with Crippen molar-refractivity contribution in [2.24, 2.45) is 4.40 Å². The Morgan fingerprint density at radius 1 is 1.07 bits per heavy atom. The third-order valence-electron chi connectivity index (χ3n) is 4.05. The molecule has 1 aliphatic heterocycles. The van der Waals surface area contributed by atoms with Gasteiger partial charge in [-0.15, -0.1) is 14.6 Å². The molecule has 1 aliphatic rings. The van der Waals surface area contributed by atoms with Gasteiger partial charge in [-0.2, -0.15) is 8.42 Å². The molecule has 28 heavy (non-hydrogen) atoms. The Labute approximate surface area is 165 Å². The minimum atomic E-state index is -3.73. The maximum absolute atomic E-state index is 12.4. The zero-order valence-electron chi connectivity index (χ0n) is 14.7. The molecule has 0 saturated heterocycles. The summed E-state index contributed by atoms with van der Waals surface area (Å²) in [4.78, 5) is 14.0. The Bertz CT molecular complexity index is 1170. The fraction of sp³-hybridized carbons (Fsp3) is 0.111. The molecule has 142 valence electrons. The van der Waals surface area contributed by atoms with Crippen LogP contribution in [-0.4, -0.2) is 48.9 Å². The molecule has 8 nitrogen and oxygen atoms in total. The molecule has 0 spiro atoms. The number of nitrogens with one attached hydrogen (secondary N) is 1. The highest BCUT2D eigenvalue weighted by molar-refractivity contribution is 7.90. The summed E-state index contributed by atoms with van der Waals surface area (Å²) in [6.07, 6.45) is 0. The number of rotatable bonds is 4. The maximum Gasteiger partial charge on any atom is 0.285 e. The standard InChI is InChI=1S/C18H15N5O3S2/c1-23(16-13-9-5-6-10-14(13)28(25,26)22-16)11-15(24)19-18-21-20-17(27-18)12-7-3-2-4-8-12/h2-10H,11H2,1H3,(H,19,21,24). The molecule has 0 unspecified atom stereocenters. The van der Waals surface area contributed by atoms with E-state index >= 15 is 0 Å². The minimum Gasteiger partial charge on any atom is -0.349 e. The van der Waals surface area contributed by atoms with Crippen molar-refractivity contribution in [1.82, 2.24) is 15.1 Å². The van der Waals surface area contributed by atoms with Gasteiger partial charge in [-0.25, -0.2) is 0 Å². The molecule has 1 N–H and O–H groups in total. The number of carbonyl (C=O) groups is 1. The number of carbonyl (C=O) groups excluding carboxylic acids is 1. The molecule has 3 aromatic rings. The van der Waals surface area contributed by atoms with Crippen LogP contribution >= 0.6 is 11.3 Å². The summed E-state index contributed by atoms with van der Waals surface area (Å²) in [6.45, 7) is -0.0804. The van der Waals surface area contributed by atoms with E-state index in [0.29, 0.717) is 15.7 Å². The van der Waals surface area contributed by atoms with Crippen LogP contribution in [0.3, 0.4) is 0 Å². The lowest BCUT2D eigenvalue weighted by Gasteiger charge is -2.17. The number of nitrogens with zero attached hydrogens (tertiary/aromatic N) is 4. The first kappa shape index (κ1) is 18.3. The van der Waals surface area contributed by atoms with Gasteiger partial charge in [0.2, 0.25) is 11.0 Å². The number of fused-ring (bicyclic) bond motifs is 1. The predicted molar refractivity (Wildman–Crippen MR) is 107 cm³/mol. The molecule has 0 aliphatic carbocycles. The van der Waals surface area contributed by atoms with Gasteiger partial charge in [-0.05, 0) is 12.1 Å². The van der Waals surface area contributed by atoms with E-state index in [-0.39, 0.29) is 23.2 Å². The molecule has 0 saturated carbocycles. The Balaban J connectivity index is 1.46. The smallest absolute Gasteiger partial charge is 0.285 e. The van der Waals surface area contributed by atoms with Crippen LogP contribution in [0.1, 0.15) is 5.56 Å². The number of benzene rings is 2. The Morgan fingerprint density at radius 3 is 2.57 bits per heavy atom. The van der Waals surface area contributed by atoms with Crippen LogP contribution < -0.4 is 5.32 Å². The molecule has 2 aromatic carbocycles. The third kappa shape index (κ3) is 3.51. The summed E-state index contributed by atoms with van der Waals surface area (Å²) < 4.78 is 28.1. The van der Waals surface area contributed by atoms with Crippen molar-refractivity contribution in [1.29, 1.82) is 0 Å². The van der Waals surface area contributed by atoms with Gasteiger partial charge in [-0.1, -0.05) is 53.8 Å². The predicted octanol–water partition coefficient (Wildman–Crippen LogP) is 2.22. The molecule has 0 fully saturated rings. The van der Waals surface area contributed by atoms with Crippen LogP contribution in [-0.2, 0) is 14.8 Å². The van der Waals surface area contributed by atoms with E-state index in [4.69, 9.17) is 0 Å². The second-order valence-corrected chi connectivity index (χ2v) is 8.62. The highest BCUT2D eigenvalue weighted by atomic mass is 32.2. The van der Waals surface area contributed by atoms with E-state index < -0.39 is 10.0 Å². The van der Waals surface area contributed by atoms with Crippen molar-refractivity contribution >= 4 is 38.2 Å². The lowest BCUT2D eigenvalue weighted by molar-refractivity contribution is -0.116. The zero-order chi connectivity index (χ0) is 19.7. The first-order chi connectivity index (χ1) is 13.4. The van der Waals surface area contributed by atoms with Gasteiger partial charge in [-0.3, -0.25) is 10.1 Å². The summed E-state index contributed by atoms with van der Waals surface area (Å²) in [5, 5.41) is 11.8. The van der Waals surface area contributed by atoms with E-state index in [0.717, 1.165) is 5.56 Å². The van der Waals surface area contributed by atoms with Gasteiger partial charge < -0.3 is 4.90 Å². The SMILES string of the molecule is CN(CC(=O)Nc1nnc(-c2ccccc2)s1)C1=NS(=O)(=O)c2ccccc21. The number of amides is 1. The van der Waals surface area contributed by atoms with E-state index in [1.165, 1.54) is 22.3 Å². The lowest BCUT2D eigenvalue weighted by Crippen LogP contribution is -2.34. The quantitative estimate of drug-likeness (QED) is 0.703. The molecule has 0 radical (unpaired) electrons. The van der Waals surface area contributed by atoms with Crippen LogP contribution in [0.2, 0.25) is 0 Å². The Kier molecular flexibility index (Phi) is 4.65. The second-order valence-electron chi connectivity index (χ2n) is 6.07. The van der Waals surface area contributed by atoms with Gasteiger partial charge in [0.1, 0.15) is 9.90 Å². The van der Waals surface area contributed by atoms with Crippen molar-refractivity contribution in [2.45, 2.75) is 4.90 Å². The number of anilines is 1. The maximum atomic E-state index is 12.4. The second kappa shape index (κ2) is 7.13. The summed E-state index contributed by atoms with van der Waals surface area (Å²) in [6, 6.07) is 16.1. The summed E-state index contributed by atoms with van der Waals surface area (Å²) in [7, 11) is -2.11. The van der Waals surface area contributed by atoms with Gasteiger partial charge in [0.15, 0.2) is 5.84 Å². The summed E-state index contributed by atoms with van der Waals surface area (Å²) in [5.74, 6) is -0.101. The van der Waals surface area contributed by atoms with Crippen molar-refractivity contribution in [3.8, 4) is 10.6 Å². The van der Waals surface area contributed by atoms with E-state index in [1.807, 2.05) is 30.3 Å². The fourth-order valence-corrected chi connectivity index (χ4v) is 4.80. The van der Waals surface area contributed by atoms with Crippen molar-refractivity contribution in [3.05, 3.63) is 60.2 Å². The van der Waals surface area contributed by atoms with Crippen LogP contribution in [0.25, 0.3) is 10.6 Å². The van der Waals surface area contributed by atoms with E-state index in [1.54, 1.807) is 25.2 Å². The van der Waals surface area contributed by atoms with E-state index in [2.05, 4.69) is 19.9 Å². The van der Waals surface area contributed by atoms with Gasteiger partial charge >= 0.3 is 0 Å². The molecular weight excluding hydrogens is 398 g/mol. The summed E-state index contributed by atoms with van der Waals surface area (Å²) >= 11 is 1.26. The zero-order valence-corrected chi connectivity index (χ0v) is 16.4. The molecule has 0 atom stereocenters. The molecule has 1 amide bonds. The topological polar surface area (TPSA) is 105 Å². The largest absolute Gasteiger partial charge is 0.349 e. The number of hydrogen-bond donors (Lipinski definition) is 1. The monoisotopic (exact) mass is 413 g/mol. The normalized spacial score (nSPS) is 14.2. The molecule has 1 aromatic heterocycles. The van der Waals surface area contributed by atoms with E-state index in [9.17, 15) is 13.2 Å². The average Bonchev–Trinajstić information content (AvgIpc) is 3.25. The number of amidine groups is 1. The van der Waals surface area contributed by atoms with Gasteiger partial charge in [0, 0.05) is 18.2 Å². The number of hydrogen-bond acceptors (Lipinski definition) is 7. The van der Waals surface area contributed by atoms with Crippen molar-refractivity contribution in [3.63, 3.8) is 0 Å². The number of aromatic nitrogens is 2. The molecular formula is C18H15N5O3S2. The number of likely N-dealkylation sites (N-methyl/N-ethyl adjacent to an activating group) is 1. The molecule has 4 rings (SSSR count). The first-order valence-electron chi connectivity index (χ1n) is 8.28. The lowest BCUT2D eigenvalue weighted by atomic mass is 10.2. The van der Waals surface area contributed by atoms with Crippen LogP contribution in [0.4, 0.5) is 5.13 Å². The van der Waals surface area contributed by atoms with Crippen molar-refractivity contribution < 1.29 is 13.2 Å². The minimum absolute atomic E-state index is 0.0804. The van der Waals surface area contributed by atoms with Gasteiger partial charge in [0.25, 0.3) is 10.0 Å².